The van der Waals surface area contributed by atoms with Crippen LogP contribution in [0.25, 0.3) is 6.08 Å². The van der Waals surface area contributed by atoms with Crippen LogP contribution in [0.15, 0.2) is 48.7 Å². The number of nitrogens with zero attached hydrogens (tertiary/aromatic N) is 1. The van der Waals surface area contributed by atoms with Crippen molar-refractivity contribution in [1.82, 2.24) is 15.8 Å². The number of benzene rings is 1. The summed E-state index contributed by atoms with van der Waals surface area (Å²) in [6.45, 7) is 4.03. The van der Waals surface area contributed by atoms with E-state index in [9.17, 15) is 4.79 Å². The van der Waals surface area contributed by atoms with Crippen molar-refractivity contribution in [3.63, 3.8) is 0 Å². The Morgan fingerprint density at radius 1 is 1.30 bits per heavy atom. The van der Waals surface area contributed by atoms with E-state index in [4.69, 9.17) is 5.21 Å². The first-order valence-corrected chi connectivity index (χ1v) is 9.21. The minimum absolute atomic E-state index is 0.0748. The second kappa shape index (κ2) is 8.79. The molecule has 1 aliphatic rings. The maximum absolute atomic E-state index is 11.1. The molecule has 0 aliphatic carbocycles. The van der Waals surface area contributed by atoms with E-state index >= 15 is 0 Å². The standard InChI is InChI=1S/C21H26N4O2/c1-16-3-5-17(6-4-16)13-21(11-2-12-22-15-21)24-19-9-7-18(14-23-19)8-10-20(26)25-27/h3-10,14,22,27H,2,11-13,15H2,1H3,(H,23,24)(H,25,26)/b10-8+/t21-/m1/s1. The number of aryl methyl sites for hydroxylation is 1. The molecule has 1 atom stereocenters. The lowest BCUT2D eigenvalue weighted by molar-refractivity contribution is -0.124. The molecule has 1 fully saturated rings. The summed E-state index contributed by atoms with van der Waals surface area (Å²) >= 11 is 0. The van der Waals surface area contributed by atoms with Gasteiger partial charge in [-0.05, 0) is 62.1 Å². The first-order valence-electron chi connectivity index (χ1n) is 9.21. The number of rotatable bonds is 6. The first-order chi connectivity index (χ1) is 13.1. The number of hydrogen-bond donors (Lipinski definition) is 4. The largest absolute Gasteiger partial charge is 0.363 e. The summed E-state index contributed by atoms with van der Waals surface area (Å²) in [6.07, 6.45) is 7.70. The number of piperidine rings is 1. The molecule has 0 radical (unpaired) electrons. The van der Waals surface area contributed by atoms with Gasteiger partial charge in [-0.15, -0.1) is 0 Å². The summed E-state index contributed by atoms with van der Waals surface area (Å²) in [5.74, 6) is 0.247. The molecule has 1 aliphatic heterocycles. The quantitative estimate of drug-likeness (QED) is 0.359. The number of hydroxylamine groups is 1. The third-order valence-electron chi connectivity index (χ3n) is 4.85. The van der Waals surface area contributed by atoms with Gasteiger partial charge in [0.05, 0.1) is 5.54 Å². The van der Waals surface area contributed by atoms with Crippen molar-refractivity contribution in [3.05, 3.63) is 65.4 Å². The smallest absolute Gasteiger partial charge is 0.267 e. The van der Waals surface area contributed by atoms with Gasteiger partial charge in [-0.3, -0.25) is 10.0 Å². The topological polar surface area (TPSA) is 86.3 Å². The predicted molar refractivity (Wildman–Crippen MR) is 107 cm³/mol. The SMILES string of the molecule is Cc1ccc(C[C@]2(Nc3ccc(/C=C/C(=O)NO)cn3)CCCNC2)cc1. The number of amides is 1. The van der Waals surface area contributed by atoms with Crippen molar-refractivity contribution in [3.8, 4) is 0 Å². The molecule has 0 saturated carbocycles. The first kappa shape index (κ1) is 19.1. The van der Waals surface area contributed by atoms with Gasteiger partial charge in [0.15, 0.2) is 0 Å². The number of hydrogen-bond acceptors (Lipinski definition) is 5. The number of anilines is 1. The average molecular weight is 366 g/mol. The number of pyridine rings is 1. The van der Waals surface area contributed by atoms with Crippen LogP contribution in [0.4, 0.5) is 5.82 Å². The molecule has 0 unspecified atom stereocenters. The molecule has 1 aromatic heterocycles. The van der Waals surface area contributed by atoms with Gasteiger partial charge in [0.25, 0.3) is 5.91 Å². The van der Waals surface area contributed by atoms with Crippen LogP contribution in [0.1, 0.15) is 29.5 Å². The highest BCUT2D eigenvalue weighted by atomic mass is 16.5. The van der Waals surface area contributed by atoms with Gasteiger partial charge in [-0.2, -0.15) is 0 Å². The van der Waals surface area contributed by atoms with Crippen LogP contribution in [0.2, 0.25) is 0 Å². The van der Waals surface area contributed by atoms with E-state index in [1.54, 1.807) is 17.8 Å². The number of nitrogens with one attached hydrogen (secondary N) is 3. The second-order valence-corrected chi connectivity index (χ2v) is 7.13. The van der Waals surface area contributed by atoms with Gasteiger partial charge >= 0.3 is 0 Å². The minimum atomic E-state index is -0.567. The molecule has 6 heteroatoms. The molecule has 4 N–H and O–H groups in total. The molecule has 142 valence electrons. The van der Waals surface area contributed by atoms with Crippen LogP contribution in [-0.2, 0) is 11.2 Å². The molecule has 0 spiro atoms. The van der Waals surface area contributed by atoms with Crippen LogP contribution in [0.5, 0.6) is 0 Å². The third-order valence-corrected chi connectivity index (χ3v) is 4.85. The summed E-state index contributed by atoms with van der Waals surface area (Å²) in [5, 5.41) is 15.7. The fourth-order valence-electron chi connectivity index (χ4n) is 3.42. The van der Waals surface area contributed by atoms with Crippen molar-refractivity contribution in [2.24, 2.45) is 0 Å². The Labute approximate surface area is 159 Å². The summed E-state index contributed by atoms with van der Waals surface area (Å²) in [4.78, 5) is 15.6. The van der Waals surface area contributed by atoms with Gasteiger partial charge in [0.2, 0.25) is 0 Å². The van der Waals surface area contributed by atoms with Gasteiger partial charge in [0, 0.05) is 18.8 Å². The average Bonchev–Trinajstić information content (AvgIpc) is 2.69. The van der Waals surface area contributed by atoms with Crippen molar-refractivity contribution in [2.45, 2.75) is 31.7 Å². The fourth-order valence-corrected chi connectivity index (χ4v) is 3.42. The minimum Gasteiger partial charge on any atom is -0.363 e. The van der Waals surface area contributed by atoms with Crippen LogP contribution < -0.4 is 16.1 Å². The van der Waals surface area contributed by atoms with E-state index in [2.05, 4.69) is 46.8 Å². The molecule has 1 aromatic carbocycles. The van der Waals surface area contributed by atoms with Gasteiger partial charge in [-0.1, -0.05) is 29.8 Å². The number of aromatic nitrogens is 1. The molecular weight excluding hydrogens is 340 g/mol. The Morgan fingerprint density at radius 2 is 2.11 bits per heavy atom. The van der Waals surface area contributed by atoms with Crippen molar-refractivity contribution >= 4 is 17.8 Å². The molecule has 2 aromatic rings. The zero-order chi connectivity index (χ0) is 19.1. The lowest BCUT2D eigenvalue weighted by atomic mass is 9.83. The van der Waals surface area contributed by atoms with E-state index in [-0.39, 0.29) is 5.54 Å². The summed E-state index contributed by atoms with van der Waals surface area (Å²) in [6, 6.07) is 12.5. The van der Waals surface area contributed by atoms with Crippen LogP contribution >= 0.6 is 0 Å². The maximum atomic E-state index is 11.1. The highest BCUT2D eigenvalue weighted by Gasteiger charge is 2.32. The van der Waals surface area contributed by atoms with E-state index < -0.39 is 5.91 Å². The lowest BCUT2D eigenvalue weighted by Crippen LogP contribution is -2.53. The molecule has 6 nitrogen and oxygen atoms in total. The highest BCUT2D eigenvalue weighted by molar-refractivity contribution is 5.90. The Kier molecular flexibility index (Phi) is 6.21. The van der Waals surface area contributed by atoms with E-state index in [1.807, 2.05) is 12.1 Å². The molecule has 0 bridgehead atoms. The Hall–Kier alpha value is -2.70. The van der Waals surface area contributed by atoms with Crippen LogP contribution in [0, 0.1) is 6.92 Å². The molecule has 1 saturated heterocycles. The van der Waals surface area contributed by atoms with Crippen molar-refractivity contribution in [2.75, 3.05) is 18.4 Å². The van der Waals surface area contributed by atoms with Gasteiger partial charge < -0.3 is 10.6 Å². The Morgan fingerprint density at radius 3 is 2.74 bits per heavy atom. The normalized spacial score (nSPS) is 19.8. The molecule has 1 amide bonds. The van der Waals surface area contributed by atoms with E-state index in [0.717, 1.165) is 43.7 Å². The summed E-state index contributed by atoms with van der Waals surface area (Å²) in [7, 11) is 0. The molecule has 3 rings (SSSR count). The predicted octanol–water partition coefficient (Wildman–Crippen LogP) is 2.69. The lowest BCUT2D eigenvalue weighted by Gasteiger charge is -2.39. The Balaban J connectivity index is 1.73. The summed E-state index contributed by atoms with van der Waals surface area (Å²) < 4.78 is 0. The van der Waals surface area contributed by atoms with E-state index in [0.29, 0.717) is 0 Å². The Bertz CT molecular complexity index is 779. The van der Waals surface area contributed by atoms with Crippen LogP contribution in [-0.4, -0.2) is 34.7 Å². The maximum Gasteiger partial charge on any atom is 0.267 e. The third kappa shape index (κ3) is 5.39. The van der Waals surface area contributed by atoms with Gasteiger partial charge in [-0.25, -0.2) is 10.5 Å². The highest BCUT2D eigenvalue weighted by Crippen LogP contribution is 2.26. The monoisotopic (exact) mass is 366 g/mol. The van der Waals surface area contributed by atoms with Crippen LogP contribution in [0.3, 0.4) is 0 Å². The fraction of sp³-hybridized carbons (Fsp3) is 0.333. The molecule has 2 heterocycles. The number of carbonyl (C=O) groups is 1. The van der Waals surface area contributed by atoms with Crippen molar-refractivity contribution < 1.29 is 10.0 Å². The van der Waals surface area contributed by atoms with Crippen molar-refractivity contribution in [1.29, 1.82) is 0 Å². The zero-order valence-corrected chi connectivity index (χ0v) is 15.5. The molecule has 27 heavy (non-hydrogen) atoms. The zero-order valence-electron chi connectivity index (χ0n) is 15.5. The summed E-state index contributed by atoms with van der Waals surface area (Å²) in [5.41, 5.74) is 4.86. The number of carbonyl (C=O) groups excluding carboxylic acids is 1. The second-order valence-electron chi connectivity index (χ2n) is 7.13. The molecular formula is C21H26N4O2. The van der Waals surface area contributed by atoms with Gasteiger partial charge in [0.1, 0.15) is 5.82 Å². The van der Waals surface area contributed by atoms with E-state index in [1.165, 1.54) is 17.2 Å².